The van der Waals surface area contributed by atoms with Crippen LogP contribution in [0.1, 0.15) is 24.0 Å². The predicted octanol–water partition coefficient (Wildman–Crippen LogP) is 2.17. The summed E-state index contributed by atoms with van der Waals surface area (Å²) in [5.74, 6) is -1.38. The number of fused-ring (bicyclic) bond motifs is 1. The number of H-pyrrole nitrogens is 1. The van der Waals surface area contributed by atoms with Crippen LogP contribution in [-0.4, -0.2) is 41.7 Å². The molecule has 6 N–H and O–H groups in total. The summed E-state index contributed by atoms with van der Waals surface area (Å²) >= 11 is 1.07. The molecular weight excluding hydrogens is 438 g/mol. The molecule has 0 saturated carbocycles. The van der Waals surface area contributed by atoms with Gasteiger partial charge in [-0.05, 0) is 55.1 Å². The van der Waals surface area contributed by atoms with E-state index >= 15 is 0 Å². The van der Waals surface area contributed by atoms with E-state index in [-0.39, 0.29) is 23.0 Å². The molecule has 32 heavy (non-hydrogen) atoms. The van der Waals surface area contributed by atoms with Crippen LogP contribution < -0.4 is 21.2 Å². The zero-order chi connectivity index (χ0) is 23.1. The number of aromatic nitrogens is 1. The van der Waals surface area contributed by atoms with E-state index in [0.717, 1.165) is 27.7 Å². The van der Waals surface area contributed by atoms with Crippen molar-refractivity contribution in [3.05, 3.63) is 62.8 Å². The number of phenolic OH excluding ortho intramolecular Hbond substituents is 1. The highest BCUT2D eigenvalue weighted by atomic mass is 32.1. The number of rotatable bonds is 11. The fraction of sp³-hybridized carbons (Fsp3) is 0.364. The Labute approximate surface area is 187 Å². The Balaban J connectivity index is 1.31. The van der Waals surface area contributed by atoms with Gasteiger partial charge < -0.3 is 26.5 Å². The molecule has 0 radical (unpaired) electrons. The molecule has 1 amide bonds. The third-order valence-electron chi connectivity index (χ3n) is 5.01. The minimum absolute atomic E-state index is 0.0547. The van der Waals surface area contributed by atoms with Gasteiger partial charge in [-0.1, -0.05) is 17.4 Å². The number of nitrogens with one attached hydrogen (secondary N) is 3. The van der Waals surface area contributed by atoms with Crippen molar-refractivity contribution in [2.75, 3.05) is 19.6 Å². The van der Waals surface area contributed by atoms with Crippen LogP contribution in [-0.2, 0) is 17.6 Å². The molecule has 0 bridgehead atoms. The summed E-state index contributed by atoms with van der Waals surface area (Å²) in [6.07, 6.45) is 1.64. The lowest BCUT2D eigenvalue weighted by atomic mass is 10.0. The van der Waals surface area contributed by atoms with Crippen LogP contribution in [0.2, 0.25) is 0 Å². The average Bonchev–Trinajstić information content (AvgIpc) is 3.12. The van der Waals surface area contributed by atoms with Gasteiger partial charge in [0.25, 0.3) is 0 Å². The molecule has 1 atom stereocenters. The lowest BCUT2D eigenvalue weighted by Crippen LogP contribution is -2.36. The minimum Gasteiger partial charge on any atom is -0.506 e. The molecular formula is C22H26F2N4O3S. The summed E-state index contributed by atoms with van der Waals surface area (Å²) in [5.41, 5.74) is 7.90. The molecule has 0 spiro atoms. The van der Waals surface area contributed by atoms with Gasteiger partial charge in [-0.2, -0.15) is 0 Å². The summed E-state index contributed by atoms with van der Waals surface area (Å²) in [4.78, 5) is 26.0. The quantitative estimate of drug-likeness (QED) is 0.279. The number of nitrogens with two attached hydrogens (primary N) is 1. The van der Waals surface area contributed by atoms with Crippen LogP contribution in [0.3, 0.4) is 0 Å². The second-order valence-corrected chi connectivity index (χ2v) is 8.58. The molecule has 3 rings (SSSR count). The Morgan fingerprint density at radius 3 is 2.62 bits per heavy atom. The monoisotopic (exact) mass is 464 g/mol. The number of benzene rings is 2. The van der Waals surface area contributed by atoms with Gasteiger partial charge in [-0.15, -0.1) is 0 Å². The normalized spacial score (nSPS) is 12.2. The van der Waals surface area contributed by atoms with Crippen LogP contribution in [0, 0.1) is 11.6 Å². The molecule has 3 aromatic rings. The van der Waals surface area contributed by atoms with E-state index in [4.69, 9.17) is 5.73 Å². The highest BCUT2D eigenvalue weighted by Gasteiger charge is 2.11. The summed E-state index contributed by atoms with van der Waals surface area (Å²) in [6.45, 7) is 1.64. The van der Waals surface area contributed by atoms with E-state index in [0.29, 0.717) is 50.0 Å². The first kappa shape index (κ1) is 23.8. The van der Waals surface area contributed by atoms with Crippen molar-refractivity contribution in [1.29, 1.82) is 0 Å². The van der Waals surface area contributed by atoms with Crippen LogP contribution in [0.15, 0.2) is 35.1 Å². The number of aromatic amines is 1. The molecule has 0 aliphatic heterocycles. The van der Waals surface area contributed by atoms with Gasteiger partial charge in [0.2, 0.25) is 5.91 Å². The maximum Gasteiger partial charge on any atom is 0.305 e. The number of aryl methyl sites for hydroxylation is 1. The Morgan fingerprint density at radius 2 is 1.88 bits per heavy atom. The van der Waals surface area contributed by atoms with Crippen LogP contribution in [0.25, 0.3) is 10.2 Å². The third-order valence-corrected chi connectivity index (χ3v) is 5.97. The van der Waals surface area contributed by atoms with Gasteiger partial charge in [-0.3, -0.25) is 9.59 Å². The number of phenols is 1. The van der Waals surface area contributed by atoms with Gasteiger partial charge in [0.15, 0.2) is 0 Å². The van der Waals surface area contributed by atoms with Gasteiger partial charge >= 0.3 is 4.87 Å². The van der Waals surface area contributed by atoms with Crippen molar-refractivity contribution in [2.24, 2.45) is 5.73 Å². The molecule has 2 aromatic carbocycles. The topological polar surface area (TPSA) is 120 Å². The number of carbonyl (C=O) groups excluding carboxylic acids is 1. The predicted molar refractivity (Wildman–Crippen MR) is 121 cm³/mol. The highest BCUT2D eigenvalue weighted by Crippen LogP contribution is 2.27. The second-order valence-electron chi connectivity index (χ2n) is 7.59. The van der Waals surface area contributed by atoms with E-state index in [1.807, 2.05) is 0 Å². The molecule has 1 aromatic heterocycles. The van der Waals surface area contributed by atoms with Crippen LogP contribution in [0.5, 0.6) is 5.75 Å². The average molecular weight is 465 g/mol. The molecule has 0 aliphatic rings. The third kappa shape index (κ3) is 6.84. The van der Waals surface area contributed by atoms with E-state index in [9.17, 15) is 23.5 Å². The second kappa shape index (κ2) is 11.2. The highest BCUT2D eigenvalue weighted by molar-refractivity contribution is 7.16. The number of thiazole rings is 1. The van der Waals surface area contributed by atoms with Gasteiger partial charge in [0.05, 0.1) is 4.70 Å². The van der Waals surface area contributed by atoms with Crippen LogP contribution in [0.4, 0.5) is 8.78 Å². The van der Waals surface area contributed by atoms with Gasteiger partial charge in [0.1, 0.15) is 22.9 Å². The molecule has 0 aliphatic carbocycles. The van der Waals surface area contributed by atoms with Crippen LogP contribution >= 0.6 is 11.3 Å². The summed E-state index contributed by atoms with van der Waals surface area (Å²) in [7, 11) is 0. The van der Waals surface area contributed by atoms with E-state index in [1.54, 1.807) is 12.1 Å². The van der Waals surface area contributed by atoms with Crippen molar-refractivity contribution in [3.8, 4) is 5.75 Å². The summed E-state index contributed by atoms with van der Waals surface area (Å²) < 4.78 is 27.2. The Kier molecular flexibility index (Phi) is 8.32. The fourth-order valence-electron chi connectivity index (χ4n) is 3.43. The van der Waals surface area contributed by atoms with E-state index < -0.39 is 17.7 Å². The molecule has 172 valence electrons. The molecule has 10 heteroatoms. The van der Waals surface area contributed by atoms with Crippen molar-refractivity contribution in [3.63, 3.8) is 0 Å². The molecule has 0 fully saturated rings. The summed E-state index contributed by atoms with van der Waals surface area (Å²) in [5, 5.41) is 15.8. The SMILES string of the molecule is NC(CCc1cc(F)cc(F)c1)CC(=O)NCCNCCc1ccc(O)c2[nH]c(=O)sc12. The Hall–Kier alpha value is -2.82. The Bertz CT molecular complexity index is 1110. The number of aromatic hydroxyl groups is 1. The van der Waals surface area contributed by atoms with E-state index in [1.165, 1.54) is 12.1 Å². The zero-order valence-corrected chi connectivity index (χ0v) is 18.2. The largest absolute Gasteiger partial charge is 0.506 e. The Morgan fingerprint density at radius 1 is 1.12 bits per heavy atom. The lowest BCUT2D eigenvalue weighted by molar-refractivity contribution is -0.121. The minimum atomic E-state index is -0.627. The van der Waals surface area contributed by atoms with Crippen molar-refractivity contribution in [1.82, 2.24) is 15.6 Å². The zero-order valence-electron chi connectivity index (χ0n) is 17.4. The first-order chi connectivity index (χ1) is 15.3. The van der Waals surface area contributed by atoms with Crippen molar-refractivity contribution >= 4 is 27.5 Å². The number of carbonyl (C=O) groups is 1. The summed E-state index contributed by atoms with van der Waals surface area (Å²) in [6, 6.07) is 6.31. The standard InChI is InChI=1S/C22H26F2N4O3S/c23-15-9-13(10-16(24)11-15)1-3-17(25)12-19(30)27-8-7-26-6-5-14-2-4-18(29)20-21(14)32-22(31)28-20/h2,4,9-11,17,26,29H,1,3,5-8,12,25H2,(H,27,30)(H,28,31). The fourth-order valence-corrected chi connectivity index (χ4v) is 4.33. The smallest absolute Gasteiger partial charge is 0.305 e. The van der Waals surface area contributed by atoms with Gasteiger partial charge in [-0.25, -0.2) is 8.78 Å². The number of halogens is 2. The first-order valence-corrected chi connectivity index (χ1v) is 11.1. The molecule has 1 unspecified atom stereocenters. The van der Waals surface area contributed by atoms with Crippen molar-refractivity contribution < 1.29 is 18.7 Å². The lowest BCUT2D eigenvalue weighted by Gasteiger charge is -2.12. The molecule has 0 saturated heterocycles. The van der Waals surface area contributed by atoms with Crippen molar-refractivity contribution in [2.45, 2.75) is 31.7 Å². The maximum atomic E-state index is 13.2. The number of amides is 1. The maximum absolute atomic E-state index is 13.2. The number of hydrogen-bond donors (Lipinski definition) is 5. The first-order valence-electron chi connectivity index (χ1n) is 10.3. The number of hydrogen-bond acceptors (Lipinski definition) is 6. The molecule has 1 heterocycles. The molecule has 7 nitrogen and oxygen atoms in total. The van der Waals surface area contributed by atoms with E-state index in [2.05, 4.69) is 15.6 Å². The van der Waals surface area contributed by atoms with Gasteiger partial charge in [0, 0.05) is 31.6 Å².